The van der Waals surface area contributed by atoms with Crippen LogP contribution in [0, 0.1) is 6.92 Å². The number of alkyl halides is 5. The number of anilines is 1. The Bertz CT molecular complexity index is 786. The molecule has 10 heteroatoms. The molecule has 0 atom stereocenters. The summed E-state index contributed by atoms with van der Waals surface area (Å²) < 4.78 is 64.4. The molecule has 0 aliphatic heterocycles. The summed E-state index contributed by atoms with van der Waals surface area (Å²) >= 11 is 6.37. The van der Waals surface area contributed by atoms with E-state index in [0.29, 0.717) is 34.8 Å². The van der Waals surface area contributed by atoms with Gasteiger partial charge in [-0.2, -0.15) is 27.1 Å². The van der Waals surface area contributed by atoms with E-state index in [0.717, 1.165) is 5.69 Å². The maximum atomic E-state index is 13.0. The molecular formula is C16H18ClF5N4. The first-order valence-electron chi connectivity index (χ1n) is 7.92. The van der Waals surface area contributed by atoms with Crippen LogP contribution in [0.3, 0.4) is 0 Å². The number of aromatic nitrogens is 3. The maximum absolute atomic E-state index is 13.0. The molecular weight excluding hydrogens is 379 g/mol. The molecule has 0 saturated carbocycles. The number of hydrogen-bond acceptors (Lipinski definition) is 3. The van der Waals surface area contributed by atoms with Gasteiger partial charge in [-0.1, -0.05) is 18.5 Å². The summed E-state index contributed by atoms with van der Waals surface area (Å²) in [5.74, 6) is -4.92. The second kappa shape index (κ2) is 7.38. The Kier molecular flexibility index (Phi) is 5.79. The van der Waals surface area contributed by atoms with Crippen molar-refractivity contribution in [1.29, 1.82) is 0 Å². The average molecular weight is 397 g/mol. The SMILES string of the molecule is CCc1nn(CC)c(-c2cnc(NCC(F)(F)C(F)(F)F)cc2C)c1Cl. The standard InChI is InChI=1S/C16H18ClF5N4/c1-4-11-13(17)14(26(5-2)25-11)10-7-23-12(6-9(10)3)24-8-15(18,19)16(20,21)22/h6-7H,4-5,8H2,1-3H3,(H,23,24). The molecule has 0 amide bonds. The van der Waals surface area contributed by atoms with Gasteiger partial charge in [0.2, 0.25) is 0 Å². The van der Waals surface area contributed by atoms with Crippen LogP contribution in [-0.2, 0) is 13.0 Å². The van der Waals surface area contributed by atoms with Crippen LogP contribution in [0.4, 0.5) is 27.8 Å². The van der Waals surface area contributed by atoms with Gasteiger partial charge in [0, 0.05) is 18.3 Å². The second-order valence-corrected chi connectivity index (χ2v) is 6.10. The van der Waals surface area contributed by atoms with Gasteiger partial charge in [-0.3, -0.25) is 4.68 Å². The van der Waals surface area contributed by atoms with E-state index in [1.165, 1.54) is 12.3 Å². The fourth-order valence-electron chi connectivity index (χ4n) is 2.40. The third-order valence-corrected chi connectivity index (χ3v) is 4.26. The summed E-state index contributed by atoms with van der Waals surface area (Å²) in [5, 5.41) is 6.91. The molecule has 0 aliphatic carbocycles. The number of aryl methyl sites for hydroxylation is 3. The Morgan fingerprint density at radius 1 is 1.19 bits per heavy atom. The lowest BCUT2D eigenvalue weighted by Gasteiger charge is -2.20. The van der Waals surface area contributed by atoms with Gasteiger partial charge < -0.3 is 5.32 Å². The molecule has 26 heavy (non-hydrogen) atoms. The Labute approximate surface area is 152 Å². The van der Waals surface area contributed by atoms with E-state index in [1.54, 1.807) is 11.6 Å². The van der Waals surface area contributed by atoms with Crippen molar-refractivity contribution < 1.29 is 22.0 Å². The molecule has 0 aliphatic rings. The highest BCUT2D eigenvalue weighted by molar-refractivity contribution is 6.33. The fraction of sp³-hybridized carbons (Fsp3) is 0.500. The number of nitrogens with zero attached hydrogens (tertiary/aromatic N) is 3. The molecule has 4 nitrogen and oxygen atoms in total. The lowest BCUT2D eigenvalue weighted by Crippen LogP contribution is -2.42. The van der Waals surface area contributed by atoms with Crippen LogP contribution in [0.1, 0.15) is 25.1 Å². The normalized spacial score (nSPS) is 12.5. The van der Waals surface area contributed by atoms with Crippen molar-refractivity contribution in [2.45, 2.75) is 45.8 Å². The molecule has 0 bridgehead atoms. The van der Waals surface area contributed by atoms with Crippen molar-refractivity contribution in [3.05, 3.63) is 28.5 Å². The average Bonchev–Trinajstić information content (AvgIpc) is 2.88. The van der Waals surface area contributed by atoms with Crippen molar-refractivity contribution in [2.24, 2.45) is 0 Å². The van der Waals surface area contributed by atoms with Gasteiger partial charge in [-0.15, -0.1) is 0 Å². The third-order valence-electron chi connectivity index (χ3n) is 3.87. The van der Waals surface area contributed by atoms with E-state index in [9.17, 15) is 22.0 Å². The summed E-state index contributed by atoms with van der Waals surface area (Å²) in [6.45, 7) is 4.47. The van der Waals surface area contributed by atoms with Crippen LogP contribution < -0.4 is 5.32 Å². The lowest BCUT2D eigenvalue weighted by atomic mass is 10.1. The highest BCUT2D eigenvalue weighted by Gasteiger charge is 2.57. The number of pyridine rings is 1. The maximum Gasteiger partial charge on any atom is 0.455 e. The predicted octanol–water partition coefficient (Wildman–Crippen LogP) is 5.10. The van der Waals surface area contributed by atoms with Gasteiger partial charge in [0.25, 0.3) is 0 Å². The zero-order valence-electron chi connectivity index (χ0n) is 14.4. The van der Waals surface area contributed by atoms with Crippen LogP contribution in [0.5, 0.6) is 0 Å². The highest BCUT2D eigenvalue weighted by atomic mass is 35.5. The molecule has 0 saturated heterocycles. The first-order chi connectivity index (χ1) is 12.0. The first-order valence-corrected chi connectivity index (χ1v) is 8.30. The van der Waals surface area contributed by atoms with Crippen LogP contribution >= 0.6 is 11.6 Å². The summed E-state index contributed by atoms with van der Waals surface area (Å²) in [4.78, 5) is 3.94. The Morgan fingerprint density at radius 2 is 1.85 bits per heavy atom. The van der Waals surface area contributed by atoms with Gasteiger partial charge >= 0.3 is 12.1 Å². The summed E-state index contributed by atoms with van der Waals surface area (Å²) in [6.07, 6.45) is -3.60. The molecule has 0 radical (unpaired) electrons. The monoisotopic (exact) mass is 396 g/mol. The Hall–Kier alpha value is -1.90. The molecule has 1 N–H and O–H groups in total. The van der Waals surface area contributed by atoms with Gasteiger partial charge in [0.15, 0.2) is 0 Å². The predicted molar refractivity (Wildman–Crippen MR) is 89.7 cm³/mol. The third kappa shape index (κ3) is 3.92. The number of halogens is 6. The molecule has 144 valence electrons. The van der Waals surface area contributed by atoms with Gasteiger partial charge in [0.05, 0.1) is 23.0 Å². The zero-order chi connectivity index (χ0) is 19.7. The summed E-state index contributed by atoms with van der Waals surface area (Å²) in [5.41, 5.74) is 2.62. The van der Waals surface area contributed by atoms with Crippen LogP contribution in [-0.4, -0.2) is 33.4 Å². The van der Waals surface area contributed by atoms with Gasteiger partial charge in [-0.05, 0) is 31.9 Å². The minimum Gasteiger partial charge on any atom is -0.364 e. The molecule has 2 heterocycles. The number of nitrogens with one attached hydrogen (secondary N) is 1. The number of hydrogen-bond donors (Lipinski definition) is 1. The van der Waals surface area contributed by atoms with E-state index in [1.807, 2.05) is 19.2 Å². The second-order valence-electron chi connectivity index (χ2n) is 5.72. The van der Waals surface area contributed by atoms with E-state index in [2.05, 4.69) is 10.1 Å². The van der Waals surface area contributed by atoms with E-state index in [4.69, 9.17) is 11.6 Å². The summed E-state index contributed by atoms with van der Waals surface area (Å²) in [7, 11) is 0. The van der Waals surface area contributed by atoms with Crippen LogP contribution in [0.15, 0.2) is 12.3 Å². The quantitative estimate of drug-likeness (QED) is 0.691. The molecule has 2 aromatic heterocycles. The minimum absolute atomic E-state index is 0.0791. The van der Waals surface area contributed by atoms with Crippen molar-refractivity contribution in [3.63, 3.8) is 0 Å². The largest absolute Gasteiger partial charge is 0.455 e. The molecule has 2 rings (SSSR count). The smallest absolute Gasteiger partial charge is 0.364 e. The van der Waals surface area contributed by atoms with E-state index in [-0.39, 0.29) is 5.82 Å². The van der Waals surface area contributed by atoms with Crippen molar-refractivity contribution in [3.8, 4) is 11.3 Å². The molecule has 2 aromatic rings. The minimum atomic E-state index is -5.62. The molecule has 0 unspecified atom stereocenters. The fourth-order valence-corrected chi connectivity index (χ4v) is 2.77. The van der Waals surface area contributed by atoms with Crippen molar-refractivity contribution >= 4 is 17.4 Å². The van der Waals surface area contributed by atoms with Crippen molar-refractivity contribution in [1.82, 2.24) is 14.8 Å². The highest BCUT2D eigenvalue weighted by Crippen LogP contribution is 2.36. The lowest BCUT2D eigenvalue weighted by molar-refractivity contribution is -0.275. The zero-order valence-corrected chi connectivity index (χ0v) is 15.1. The van der Waals surface area contributed by atoms with Crippen LogP contribution in [0.2, 0.25) is 5.02 Å². The molecule has 0 fully saturated rings. The van der Waals surface area contributed by atoms with Crippen molar-refractivity contribution in [2.75, 3.05) is 11.9 Å². The molecule has 0 spiro atoms. The Morgan fingerprint density at radius 3 is 2.35 bits per heavy atom. The first kappa shape index (κ1) is 20.4. The van der Waals surface area contributed by atoms with E-state index < -0.39 is 18.6 Å². The number of rotatable bonds is 6. The van der Waals surface area contributed by atoms with Gasteiger partial charge in [0.1, 0.15) is 5.82 Å². The van der Waals surface area contributed by atoms with Crippen LogP contribution in [0.25, 0.3) is 11.3 Å². The van der Waals surface area contributed by atoms with E-state index >= 15 is 0 Å². The van der Waals surface area contributed by atoms with Gasteiger partial charge in [-0.25, -0.2) is 4.98 Å². The summed E-state index contributed by atoms with van der Waals surface area (Å²) in [6, 6.07) is 1.40. The Balaban J connectivity index is 2.30. The molecule has 0 aromatic carbocycles. The topological polar surface area (TPSA) is 42.7 Å².